The normalized spacial score (nSPS) is 11.1. The van der Waals surface area contributed by atoms with Crippen LogP contribution in [-0.2, 0) is 27.3 Å². The molecular weight excluding hydrogens is 915 g/mol. The van der Waals surface area contributed by atoms with Crippen LogP contribution in [0.4, 0.5) is 4.79 Å². The number of H-pyrrole nitrogens is 2. The molecule has 4 aromatic heterocycles. The van der Waals surface area contributed by atoms with Gasteiger partial charge in [-0.25, -0.2) is 33.7 Å². The highest BCUT2D eigenvalue weighted by molar-refractivity contribution is 5.84. The summed E-state index contributed by atoms with van der Waals surface area (Å²) in [6, 6.07) is 42.6. The number of hydrogen-bond donors (Lipinski definition) is 6. The van der Waals surface area contributed by atoms with E-state index in [0.29, 0.717) is 47.2 Å². The first-order valence-corrected chi connectivity index (χ1v) is 23.1. The van der Waals surface area contributed by atoms with Gasteiger partial charge in [0, 0.05) is 60.4 Å². The molecule has 7 N–H and O–H groups in total. The number of aromatic nitrogens is 8. The van der Waals surface area contributed by atoms with E-state index in [-0.39, 0.29) is 34.8 Å². The Kier molecular flexibility index (Phi) is 14.5. The molecular formula is C55H55N9O8. The number of phenols is 2. The third-order valence-electron chi connectivity index (χ3n) is 12.1. The molecule has 368 valence electrons. The second-order valence-corrected chi connectivity index (χ2v) is 17.7. The van der Waals surface area contributed by atoms with Gasteiger partial charge < -0.3 is 39.7 Å². The Hall–Kier alpha value is -9.25. The summed E-state index contributed by atoms with van der Waals surface area (Å²) in [5.74, 6) is 2.17. The fraction of sp³-hybridized carbons (Fsp3) is 0.182. The number of benzene rings is 6. The summed E-state index contributed by atoms with van der Waals surface area (Å²) in [6.07, 6.45) is 2.63. The van der Waals surface area contributed by atoms with E-state index in [1.165, 1.54) is 10.6 Å². The minimum Gasteiger partial charge on any atom is -0.508 e. The lowest BCUT2D eigenvalue weighted by molar-refractivity contribution is 0.205. The lowest BCUT2D eigenvalue weighted by Gasteiger charge is -2.20. The fourth-order valence-electron chi connectivity index (χ4n) is 8.40. The number of phenolic OH excluding ortho intramolecular Hbond substituents is 2. The molecule has 72 heavy (non-hydrogen) atoms. The lowest BCUT2D eigenvalue weighted by atomic mass is 9.98. The molecule has 0 atom stereocenters. The highest BCUT2D eigenvalue weighted by atomic mass is 16.5. The summed E-state index contributed by atoms with van der Waals surface area (Å²) in [7, 11) is 3.96. The van der Waals surface area contributed by atoms with Gasteiger partial charge in [-0.05, 0) is 94.8 Å². The van der Waals surface area contributed by atoms with Crippen molar-refractivity contribution >= 4 is 27.9 Å². The number of nitrogens with two attached hydrogens (primary N) is 1. The van der Waals surface area contributed by atoms with Crippen molar-refractivity contribution in [1.29, 1.82) is 0 Å². The molecule has 10 rings (SSSR count). The molecule has 17 nitrogen and oxygen atoms in total. The van der Waals surface area contributed by atoms with Crippen molar-refractivity contribution in [1.82, 2.24) is 38.7 Å². The van der Waals surface area contributed by atoms with Gasteiger partial charge in [0.05, 0.1) is 22.5 Å². The third kappa shape index (κ3) is 10.6. The van der Waals surface area contributed by atoms with E-state index in [4.69, 9.17) is 19.4 Å². The number of hydrogen-bond acceptors (Lipinski definition) is 9. The van der Waals surface area contributed by atoms with Gasteiger partial charge in [0.1, 0.15) is 36.2 Å². The predicted molar refractivity (Wildman–Crippen MR) is 277 cm³/mol. The summed E-state index contributed by atoms with van der Waals surface area (Å²) < 4.78 is 19.9. The molecule has 4 heterocycles. The summed E-state index contributed by atoms with van der Waals surface area (Å²) in [5, 5.41) is 43.4. The maximum Gasteiger partial charge on any atom is 0.402 e. The Morgan fingerprint density at radius 3 is 1.50 bits per heavy atom. The first-order valence-electron chi connectivity index (χ1n) is 23.1. The van der Waals surface area contributed by atoms with Gasteiger partial charge in [-0.1, -0.05) is 88.4 Å². The number of nitrogens with one attached hydrogen (secondary N) is 2. The summed E-state index contributed by atoms with van der Waals surface area (Å²) in [4.78, 5) is 34.4. The Balaban J connectivity index is 0.000000193. The van der Waals surface area contributed by atoms with Gasteiger partial charge in [-0.2, -0.15) is 10.2 Å². The molecule has 0 saturated carbocycles. The number of carbonyl (C=O) groups is 1. The Labute approximate surface area is 413 Å². The number of carboxylic acid groups (broad SMARTS) is 1. The van der Waals surface area contributed by atoms with E-state index in [2.05, 4.69) is 44.5 Å². The number of aromatic amines is 2. The number of primary amides is 1. The molecule has 0 radical (unpaired) electrons. The largest absolute Gasteiger partial charge is 0.508 e. The van der Waals surface area contributed by atoms with Crippen LogP contribution in [0.1, 0.15) is 61.8 Å². The summed E-state index contributed by atoms with van der Waals surface area (Å²) in [5.41, 5.74) is 11.7. The standard InChI is InChI=1S/C34H32N4O3.C20H20N4O3.CH3NO2/c1-23(2)28-19-29(33-35-36-34(39)38(33)27-14-15-30-26(18-27)16-17-37(30)3)32(41-22-25-12-8-5-9-13-25)20-31(28)40-21-24-10-6-4-7-11-24;1-11(2)14-9-15(18(26)10-17(14)25)19-21-22-20(27)24(19)13-4-5-16-12(8-13)6-7-23(16)3;2-1(3)4/h4-20,23H,21-22H2,1-3H3,(H,36,39);4-11,25-26H,1-3H3,(H,22,27);2H2,(H,3,4). The van der Waals surface area contributed by atoms with Crippen LogP contribution in [0.15, 0.2) is 155 Å². The van der Waals surface area contributed by atoms with E-state index in [0.717, 1.165) is 49.9 Å². The maximum atomic E-state index is 13.2. The monoisotopic (exact) mass is 969 g/mol. The van der Waals surface area contributed by atoms with E-state index in [1.54, 1.807) is 10.6 Å². The number of aryl methyl sites for hydroxylation is 2. The molecule has 0 aliphatic rings. The van der Waals surface area contributed by atoms with Crippen molar-refractivity contribution in [2.45, 2.75) is 52.7 Å². The van der Waals surface area contributed by atoms with Crippen LogP contribution >= 0.6 is 0 Å². The molecule has 10 aromatic rings. The molecule has 0 bridgehead atoms. The molecule has 1 amide bonds. The minimum atomic E-state index is -1.33. The van der Waals surface area contributed by atoms with Crippen LogP contribution in [0.5, 0.6) is 23.0 Å². The zero-order chi connectivity index (χ0) is 51.2. The second-order valence-electron chi connectivity index (χ2n) is 17.7. The van der Waals surface area contributed by atoms with Gasteiger partial charge >= 0.3 is 17.5 Å². The van der Waals surface area contributed by atoms with Crippen molar-refractivity contribution in [2.24, 2.45) is 19.8 Å². The third-order valence-corrected chi connectivity index (χ3v) is 12.1. The van der Waals surface area contributed by atoms with E-state index in [9.17, 15) is 19.8 Å². The van der Waals surface area contributed by atoms with E-state index >= 15 is 0 Å². The van der Waals surface area contributed by atoms with E-state index < -0.39 is 11.8 Å². The number of ether oxygens (including phenoxy) is 2. The van der Waals surface area contributed by atoms with Gasteiger partial charge in [0.2, 0.25) is 0 Å². The molecule has 6 aromatic carbocycles. The van der Waals surface area contributed by atoms with Crippen LogP contribution in [0.3, 0.4) is 0 Å². The van der Waals surface area contributed by atoms with Gasteiger partial charge in [0.15, 0.2) is 11.6 Å². The molecule has 0 fully saturated rings. The highest BCUT2D eigenvalue weighted by Crippen LogP contribution is 2.41. The Bertz CT molecular complexity index is 3630. The number of fused-ring (bicyclic) bond motifs is 2. The zero-order valence-electron chi connectivity index (χ0n) is 40.6. The van der Waals surface area contributed by atoms with Crippen LogP contribution in [0, 0.1) is 0 Å². The van der Waals surface area contributed by atoms with Crippen molar-refractivity contribution in [3.05, 3.63) is 189 Å². The lowest BCUT2D eigenvalue weighted by Crippen LogP contribution is -2.16. The predicted octanol–water partition coefficient (Wildman–Crippen LogP) is 9.88. The van der Waals surface area contributed by atoms with Gasteiger partial charge in [-0.15, -0.1) is 0 Å². The molecule has 17 heteroatoms. The van der Waals surface area contributed by atoms with E-state index in [1.807, 2.05) is 166 Å². The number of nitrogens with zero attached hydrogens (tertiary/aromatic N) is 6. The van der Waals surface area contributed by atoms with Crippen molar-refractivity contribution in [3.8, 4) is 57.1 Å². The first-order chi connectivity index (χ1) is 34.6. The van der Waals surface area contributed by atoms with Crippen molar-refractivity contribution < 1.29 is 29.6 Å². The Morgan fingerprint density at radius 2 is 1.03 bits per heavy atom. The molecule has 0 aliphatic carbocycles. The molecule has 0 unspecified atom stereocenters. The van der Waals surface area contributed by atoms with Crippen LogP contribution < -0.4 is 26.6 Å². The summed E-state index contributed by atoms with van der Waals surface area (Å²) in [6.45, 7) is 8.92. The smallest absolute Gasteiger partial charge is 0.402 e. The average Bonchev–Trinajstić information content (AvgIpc) is 4.15. The highest BCUT2D eigenvalue weighted by Gasteiger charge is 2.23. The van der Waals surface area contributed by atoms with Gasteiger partial charge in [-0.3, -0.25) is 0 Å². The zero-order valence-corrected chi connectivity index (χ0v) is 40.6. The van der Waals surface area contributed by atoms with Crippen molar-refractivity contribution in [2.75, 3.05) is 0 Å². The average molecular weight is 970 g/mol. The van der Waals surface area contributed by atoms with Gasteiger partial charge in [0.25, 0.3) is 0 Å². The molecule has 0 spiro atoms. The fourth-order valence-corrected chi connectivity index (χ4v) is 8.40. The number of rotatable bonds is 12. The Morgan fingerprint density at radius 1 is 0.583 bits per heavy atom. The van der Waals surface area contributed by atoms with Crippen molar-refractivity contribution in [3.63, 3.8) is 0 Å². The molecule has 0 aliphatic heterocycles. The quantitative estimate of drug-likeness (QED) is 0.0678. The minimum absolute atomic E-state index is 0.0152. The molecule has 0 saturated heterocycles. The number of amides is 1. The topological polar surface area (TPSA) is 233 Å². The summed E-state index contributed by atoms with van der Waals surface area (Å²) >= 11 is 0. The second kappa shape index (κ2) is 21.2. The maximum absolute atomic E-state index is 13.2. The van der Waals surface area contributed by atoms with Crippen LogP contribution in [-0.4, -0.2) is 60.1 Å². The SMILES string of the molecule is CC(C)c1cc(-c2n[nH]c(=O)n2-c2ccc3c(ccn3C)c2)c(O)cc1O.CC(C)c1cc(-c2n[nH]c(=O)n2-c2ccc3c(ccn3C)c2)c(OCc2ccccc2)cc1OCc1ccccc1.NC(=O)O. The van der Waals surface area contributed by atoms with Crippen LogP contribution in [0.25, 0.3) is 56.0 Å². The van der Waals surface area contributed by atoms with Crippen LogP contribution in [0.2, 0.25) is 0 Å². The number of aromatic hydroxyl groups is 2. The first kappa shape index (κ1) is 49.2.